The third-order valence-electron chi connectivity index (χ3n) is 6.61. The van der Waals surface area contributed by atoms with Gasteiger partial charge in [-0.15, -0.1) is 0 Å². The molecule has 1 aromatic heterocycles. The third-order valence-corrected chi connectivity index (χ3v) is 6.61. The van der Waals surface area contributed by atoms with Crippen molar-refractivity contribution in [1.29, 1.82) is 0 Å². The van der Waals surface area contributed by atoms with Crippen LogP contribution in [-0.2, 0) is 12.8 Å². The number of aromatic carboxylic acids is 1. The molecule has 2 heterocycles. The number of carboxylic acid groups (broad SMARTS) is 1. The van der Waals surface area contributed by atoms with Crippen molar-refractivity contribution in [2.45, 2.75) is 57.8 Å². The van der Waals surface area contributed by atoms with Crippen molar-refractivity contribution in [1.82, 2.24) is 9.97 Å². The molecule has 1 N–H and O–H groups in total. The standard InChI is InChI=1S/C24H31N3O2/c28-23(29)21-17-25-24(26-22(21)11-10-18-6-4-5-7-18)27-14-12-20(13-15-27)16-19-8-2-1-3-9-19/h1-3,8-9,17-18,20H,4-7,10-16H2,(H,28,29). The third kappa shape index (κ3) is 5.14. The maximum atomic E-state index is 11.6. The molecule has 0 unspecified atom stereocenters. The highest BCUT2D eigenvalue weighted by Crippen LogP contribution is 2.29. The molecule has 1 aliphatic heterocycles. The maximum absolute atomic E-state index is 11.6. The van der Waals surface area contributed by atoms with E-state index < -0.39 is 5.97 Å². The first kappa shape index (κ1) is 19.9. The molecule has 154 valence electrons. The predicted molar refractivity (Wildman–Crippen MR) is 114 cm³/mol. The maximum Gasteiger partial charge on any atom is 0.339 e. The van der Waals surface area contributed by atoms with E-state index in [0.29, 0.717) is 17.6 Å². The summed E-state index contributed by atoms with van der Waals surface area (Å²) < 4.78 is 0. The topological polar surface area (TPSA) is 66.3 Å². The summed E-state index contributed by atoms with van der Waals surface area (Å²) in [6.45, 7) is 1.87. The molecule has 29 heavy (non-hydrogen) atoms. The lowest BCUT2D eigenvalue weighted by molar-refractivity contribution is 0.0694. The van der Waals surface area contributed by atoms with Crippen molar-refractivity contribution >= 4 is 11.9 Å². The van der Waals surface area contributed by atoms with E-state index in [1.54, 1.807) is 0 Å². The Morgan fingerprint density at radius 2 is 1.76 bits per heavy atom. The summed E-state index contributed by atoms with van der Waals surface area (Å²) in [5.74, 6) is 1.20. The number of carbonyl (C=O) groups is 1. The Morgan fingerprint density at radius 1 is 1.03 bits per heavy atom. The highest BCUT2D eigenvalue weighted by atomic mass is 16.4. The molecule has 0 spiro atoms. The number of anilines is 1. The molecule has 0 atom stereocenters. The summed E-state index contributed by atoms with van der Waals surface area (Å²) in [7, 11) is 0. The lowest BCUT2D eigenvalue weighted by atomic mass is 9.90. The quantitative estimate of drug-likeness (QED) is 0.735. The fraction of sp³-hybridized carbons (Fsp3) is 0.542. The number of aromatic nitrogens is 2. The second kappa shape index (κ2) is 9.38. The molecule has 1 aromatic carbocycles. The van der Waals surface area contributed by atoms with Crippen molar-refractivity contribution < 1.29 is 9.90 Å². The summed E-state index contributed by atoms with van der Waals surface area (Å²) in [4.78, 5) is 23.0. The van der Waals surface area contributed by atoms with E-state index in [2.05, 4.69) is 40.2 Å². The molecule has 0 radical (unpaired) electrons. The van der Waals surface area contributed by atoms with Gasteiger partial charge in [-0.3, -0.25) is 0 Å². The summed E-state index contributed by atoms with van der Waals surface area (Å²) >= 11 is 0. The Kier molecular flexibility index (Phi) is 6.43. The van der Waals surface area contributed by atoms with Crippen LogP contribution in [0.1, 0.15) is 66.6 Å². The SMILES string of the molecule is O=C(O)c1cnc(N2CCC(Cc3ccccc3)CC2)nc1CCC1CCCC1. The number of hydrogen-bond donors (Lipinski definition) is 1. The van der Waals surface area contributed by atoms with Gasteiger partial charge >= 0.3 is 5.97 Å². The van der Waals surface area contributed by atoms with Crippen molar-refractivity contribution in [2.75, 3.05) is 18.0 Å². The van der Waals surface area contributed by atoms with E-state index in [1.165, 1.54) is 37.4 Å². The summed E-state index contributed by atoms with van der Waals surface area (Å²) in [6, 6.07) is 10.7. The van der Waals surface area contributed by atoms with Crippen LogP contribution in [0.25, 0.3) is 0 Å². The molecule has 1 saturated heterocycles. The molecule has 1 aliphatic carbocycles. The minimum atomic E-state index is -0.917. The zero-order valence-corrected chi connectivity index (χ0v) is 17.1. The first-order valence-corrected chi connectivity index (χ1v) is 11.1. The van der Waals surface area contributed by atoms with Gasteiger partial charge in [-0.05, 0) is 49.5 Å². The average Bonchev–Trinajstić information content (AvgIpc) is 3.27. The number of benzene rings is 1. The van der Waals surface area contributed by atoms with Crippen LogP contribution in [0, 0.1) is 11.8 Å². The van der Waals surface area contributed by atoms with Gasteiger partial charge in [-0.25, -0.2) is 14.8 Å². The summed E-state index contributed by atoms with van der Waals surface area (Å²) in [6.07, 6.45) is 11.8. The van der Waals surface area contributed by atoms with Gasteiger partial charge in [0.25, 0.3) is 0 Å². The predicted octanol–water partition coefficient (Wildman–Crippen LogP) is 4.76. The first-order chi connectivity index (χ1) is 14.2. The molecule has 2 aliphatic rings. The Bertz CT molecular complexity index is 810. The second-order valence-electron chi connectivity index (χ2n) is 8.64. The minimum Gasteiger partial charge on any atom is -0.478 e. The van der Waals surface area contributed by atoms with Gasteiger partial charge in [-0.1, -0.05) is 56.0 Å². The highest BCUT2D eigenvalue weighted by Gasteiger charge is 2.23. The number of piperidine rings is 1. The van der Waals surface area contributed by atoms with Gasteiger partial charge in [-0.2, -0.15) is 0 Å². The molecule has 5 heteroatoms. The van der Waals surface area contributed by atoms with Crippen molar-refractivity contribution in [3.8, 4) is 0 Å². The lowest BCUT2D eigenvalue weighted by Crippen LogP contribution is -2.35. The molecule has 5 nitrogen and oxygen atoms in total. The van der Waals surface area contributed by atoms with Gasteiger partial charge in [0.2, 0.25) is 5.95 Å². The molecular formula is C24H31N3O2. The molecular weight excluding hydrogens is 362 g/mol. The van der Waals surface area contributed by atoms with E-state index >= 15 is 0 Å². The average molecular weight is 394 g/mol. The molecule has 2 fully saturated rings. The van der Waals surface area contributed by atoms with Gasteiger partial charge in [0.15, 0.2) is 0 Å². The van der Waals surface area contributed by atoms with Gasteiger partial charge < -0.3 is 10.0 Å². The monoisotopic (exact) mass is 393 g/mol. The lowest BCUT2D eigenvalue weighted by Gasteiger charge is -2.32. The Balaban J connectivity index is 1.39. The molecule has 1 saturated carbocycles. The highest BCUT2D eigenvalue weighted by molar-refractivity contribution is 5.88. The number of carboxylic acids is 1. The zero-order chi connectivity index (χ0) is 20.1. The van der Waals surface area contributed by atoms with Crippen molar-refractivity contribution in [3.63, 3.8) is 0 Å². The van der Waals surface area contributed by atoms with Gasteiger partial charge in [0.05, 0.1) is 11.3 Å². The number of aryl methyl sites for hydroxylation is 1. The van der Waals surface area contributed by atoms with Crippen LogP contribution in [0.3, 0.4) is 0 Å². The van der Waals surface area contributed by atoms with E-state index in [0.717, 1.165) is 51.1 Å². The number of rotatable bonds is 7. The molecule has 0 bridgehead atoms. The van der Waals surface area contributed by atoms with Crippen LogP contribution < -0.4 is 4.90 Å². The first-order valence-electron chi connectivity index (χ1n) is 11.1. The van der Waals surface area contributed by atoms with E-state index in [-0.39, 0.29) is 5.56 Å². The second-order valence-corrected chi connectivity index (χ2v) is 8.64. The Morgan fingerprint density at radius 3 is 2.45 bits per heavy atom. The molecule has 4 rings (SSSR count). The van der Waals surface area contributed by atoms with Gasteiger partial charge in [0, 0.05) is 19.3 Å². The van der Waals surface area contributed by atoms with E-state index in [9.17, 15) is 9.90 Å². The van der Waals surface area contributed by atoms with E-state index in [1.807, 2.05) is 0 Å². The van der Waals surface area contributed by atoms with Crippen LogP contribution in [0.5, 0.6) is 0 Å². The molecule has 0 amide bonds. The van der Waals surface area contributed by atoms with Crippen LogP contribution in [0.2, 0.25) is 0 Å². The smallest absolute Gasteiger partial charge is 0.339 e. The Labute approximate surface area is 173 Å². The minimum absolute atomic E-state index is 0.269. The Hall–Kier alpha value is -2.43. The number of hydrogen-bond acceptors (Lipinski definition) is 4. The fourth-order valence-corrected chi connectivity index (χ4v) is 4.85. The largest absolute Gasteiger partial charge is 0.478 e. The zero-order valence-electron chi connectivity index (χ0n) is 17.1. The van der Waals surface area contributed by atoms with Crippen molar-refractivity contribution in [3.05, 3.63) is 53.3 Å². The number of nitrogens with zero attached hydrogens (tertiary/aromatic N) is 3. The molecule has 2 aromatic rings. The van der Waals surface area contributed by atoms with Gasteiger partial charge in [0.1, 0.15) is 0 Å². The fourth-order valence-electron chi connectivity index (χ4n) is 4.85. The summed E-state index contributed by atoms with van der Waals surface area (Å²) in [5, 5.41) is 9.54. The van der Waals surface area contributed by atoms with Crippen LogP contribution >= 0.6 is 0 Å². The van der Waals surface area contributed by atoms with Crippen LogP contribution in [0.15, 0.2) is 36.5 Å². The summed E-state index contributed by atoms with van der Waals surface area (Å²) in [5.41, 5.74) is 2.38. The van der Waals surface area contributed by atoms with Crippen LogP contribution in [-0.4, -0.2) is 34.1 Å². The van der Waals surface area contributed by atoms with Crippen molar-refractivity contribution in [2.24, 2.45) is 11.8 Å². The van der Waals surface area contributed by atoms with Crippen LogP contribution in [0.4, 0.5) is 5.95 Å². The van der Waals surface area contributed by atoms with E-state index in [4.69, 9.17) is 4.98 Å². The normalized spacial score (nSPS) is 18.3.